The Morgan fingerprint density at radius 3 is 2.42 bits per heavy atom. The molecule has 0 bridgehead atoms. The number of carbonyl (C=O) groups is 2. The van der Waals surface area contributed by atoms with Crippen LogP contribution in [-0.4, -0.2) is 40.2 Å². The lowest BCUT2D eigenvalue weighted by Gasteiger charge is -2.11. The lowest BCUT2D eigenvalue weighted by Crippen LogP contribution is -2.17. The fourth-order valence-electron chi connectivity index (χ4n) is 2.27. The minimum atomic E-state index is -3.39. The molecule has 26 heavy (non-hydrogen) atoms. The molecule has 0 saturated heterocycles. The molecule has 2 aromatic rings. The molecule has 138 valence electrons. The van der Waals surface area contributed by atoms with Crippen molar-refractivity contribution >= 4 is 33.0 Å². The highest BCUT2D eigenvalue weighted by atomic mass is 32.2. The molecule has 7 nitrogen and oxygen atoms in total. The summed E-state index contributed by atoms with van der Waals surface area (Å²) in [6.07, 6.45) is 1.09. The minimum Gasteiger partial charge on any atom is -0.375 e. The van der Waals surface area contributed by atoms with Gasteiger partial charge in [-0.05, 0) is 48.9 Å². The second-order valence-corrected chi connectivity index (χ2v) is 7.78. The first-order chi connectivity index (χ1) is 12.2. The highest BCUT2D eigenvalue weighted by molar-refractivity contribution is 7.90. The summed E-state index contributed by atoms with van der Waals surface area (Å²) < 4.78 is 28.0. The molecule has 0 spiro atoms. The number of ether oxygens (including phenoxy) is 1. The molecule has 0 aliphatic rings. The van der Waals surface area contributed by atoms with Gasteiger partial charge in [-0.15, -0.1) is 0 Å². The molecule has 2 amide bonds. The topological polar surface area (TPSA) is 102 Å². The number of methoxy groups -OCH3 is 1. The van der Waals surface area contributed by atoms with E-state index in [2.05, 4.69) is 10.6 Å². The van der Waals surface area contributed by atoms with Crippen LogP contribution in [-0.2, 0) is 19.4 Å². The second-order valence-electron chi connectivity index (χ2n) is 5.77. The molecule has 2 rings (SSSR count). The molecular weight excluding hydrogens is 356 g/mol. The Morgan fingerprint density at radius 1 is 1.08 bits per heavy atom. The highest BCUT2D eigenvalue weighted by Gasteiger charge is 2.13. The van der Waals surface area contributed by atoms with Crippen LogP contribution in [0.1, 0.15) is 15.9 Å². The van der Waals surface area contributed by atoms with Crippen molar-refractivity contribution < 1.29 is 22.7 Å². The fourth-order valence-corrected chi connectivity index (χ4v) is 2.94. The molecule has 2 aromatic carbocycles. The summed E-state index contributed by atoms with van der Waals surface area (Å²) >= 11 is 0. The van der Waals surface area contributed by atoms with Gasteiger partial charge in [-0.3, -0.25) is 9.59 Å². The van der Waals surface area contributed by atoms with Gasteiger partial charge in [0.25, 0.3) is 5.91 Å². The van der Waals surface area contributed by atoms with Crippen molar-refractivity contribution in [3.63, 3.8) is 0 Å². The molecule has 0 saturated carbocycles. The summed E-state index contributed by atoms with van der Waals surface area (Å²) in [7, 11) is -1.96. The quantitative estimate of drug-likeness (QED) is 0.805. The standard InChI is InChI=1S/C18H20N2O5S/c1-12-9-14(19-17(21)11-25-2)7-8-16(12)20-18(22)13-5-4-6-15(10-13)26(3,23)24/h4-10H,11H2,1-3H3,(H,19,21)(H,20,22). The van der Waals surface area contributed by atoms with E-state index in [9.17, 15) is 18.0 Å². The number of benzene rings is 2. The van der Waals surface area contributed by atoms with E-state index in [-0.39, 0.29) is 23.0 Å². The van der Waals surface area contributed by atoms with Crippen molar-refractivity contribution in [3.8, 4) is 0 Å². The Kier molecular flexibility index (Phi) is 6.12. The zero-order chi connectivity index (χ0) is 19.3. The predicted molar refractivity (Wildman–Crippen MR) is 99.2 cm³/mol. The SMILES string of the molecule is COCC(=O)Nc1ccc(NC(=O)c2cccc(S(C)(=O)=O)c2)c(C)c1. The van der Waals surface area contributed by atoms with Gasteiger partial charge in [0.15, 0.2) is 9.84 Å². The number of aryl methyl sites for hydroxylation is 1. The Balaban J connectivity index is 2.16. The van der Waals surface area contributed by atoms with Gasteiger partial charge in [-0.25, -0.2) is 8.42 Å². The Morgan fingerprint density at radius 2 is 1.81 bits per heavy atom. The third kappa shape index (κ3) is 5.14. The van der Waals surface area contributed by atoms with E-state index in [4.69, 9.17) is 4.74 Å². The van der Waals surface area contributed by atoms with Crippen molar-refractivity contribution in [2.24, 2.45) is 0 Å². The third-order valence-corrected chi connectivity index (χ3v) is 4.67. The predicted octanol–water partition coefficient (Wildman–Crippen LogP) is 2.24. The van der Waals surface area contributed by atoms with E-state index in [1.165, 1.54) is 25.3 Å². The van der Waals surface area contributed by atoms with Crippen LogP contribution in [0.15, 0.2) is 47.4 Å². The van der Waals surface area contributed by atoms with Crippen LogP contribution >= 0.6 is 0 Å². The summed E-state index contributed by atoms with van der Waals surface area (Å²) in [5.74, 6) is -0.698. The lowest BCUT2D eigenvalue weighted by molar-refractivity contribution is -0.119. The second kappa shape index (κ2) is 8.11. The van der Waals surface area contributed by atoms with E-state index in [0.717, 1.165) is 11.8 Å². The average Bonchev–Trinajstić information content (AvgIpc) is 2.57. The molecule has 0 fully saturated rings. The van der Waals surface area contributed by atoms with Crippen molar-refractivity contribution in [3.05, 3.63) is 53.6 Å². The van der Waals surface area contributed by atoms with E-state index in [0.29, 0.717) is 11.4 Å². The first-order valence-electron chi connectivity index (χ1n) is 7.71. The highest BCUT2D eigenvalue weighted by Crippen LogP contribution is 2.21. The van der Waals surface area contributed by atoms with Crippen LogP contribution in [0.4, 0.5) is 11.4 Å². The van der Waals surface area contributed by atoms with Gasteiger partial charge in [-0.2, -0.15) is 0 Å². The fraction of sp³-hybridized carbons (Fsp3) is 0.222. The maximum atomic E-state index is 12.4. The lowest BCUT2D eigenvalue weighted by atomic mass is 10.1. The molecule has 0 radical (unpaired) electrons. The normalized spacial score (nSPS) is 11.0. The average molecular weight is 376 g/mol. The van der Waals surface area contributed by atoms with Crippen molar-refractivity contribution in [2.75, 3.05) is 30.6 Å². The number of hydrogen-bond acceptors (Lipinski definition) is 5. The van der Waals surface area contributed by atoms with E-state index in [1.807, 2.05) is 0 Å². The van der Waals surface area contributed by atoms with Crippen LogP contribution in [0.5, 0.6) is 0 Å². The van der Waals surface area contributed by atoms with Crippen LogP contribution < -0.4 is 10.6 Å². The molecule has 0 unspecified atom stereocenters. The summed E-state index contributed by atoms with van der Waals surface area (Å²) in [4.78, 5) is 24.0. The van der Waals surface area contributed by atoms with Crippen LogP contribution in [0.25, 0.3) is 0 Å². The monoisotopic (exact) mass is 376 g/mol. The molecule has 0 aromatic heterocycles. The first-order valence-corrected chi connectivity index (χ1v) is 9.61. The third-order valence-electron chi connectivity index (χ3n) is 3.56. The summed E-state index contributed by atoms with van der Waals surface area (Å²) in [6, 6.07) is 10.9. The van der Waals surface area contributed by atoms with Crippen LogP contribution in [0.2, 0.25) is 0 Å². The first kappa shape index (κ1) is 19.6. The number of carbonyl (C=O) groups excluding carboxylic acids is 2. The number of anilines is 2. The number of sulfone groups is 1. The molecule has 0 aliphatic heterocycles. The minimum absolute atomic E-state index is 0.0474. The maximum absolute atomic E-state index is 12.4. The Labute approximate surface area is 152 Å². The number of rotatable bonds is 6. The van der Waals surface area contributed by atoms with Gasteiger partial charge < -0.3 is 15.4 Å². The molecule has 8 heteroatoms. The molecule has 0 heterocycles. The van der Waals surface area contributed by atoms with Gasteiger partial charge >= 0.3 is 0 Å². The number of nitrogens with one attached hydrogen (secondary N) is 2. The smallest absolute Gasteiger partial charge is 0.255 e. The number of hydrogen-bond donors (Lipinski definition) is 2. The summed E-state index contributed by atoms with van der Waals surface area (Å²) in [6.45, 7) is 1.74. The van der Waals surface area contributed by atoms with Gasteiger partial charge in [0.05, 0.1) is 4.90 Å². The molecular formula is C18H20N2O5S. The van der Waals surface area contributed by atoms with Crippen molar-refractivity contribution in [1.29, 1.82) is 0 Å². The Hall–Kier alpha value is -2.71. The van der Waals surface area contributed by atoms with E-state index < -0.39 is 15.7 Å². The zero-order valence-corrected chi connectivity index (χ0v) is 15.5. The zero-order valence-electron chi connectivity index (χ0n) is 14.7. The van der Waals surface area contributed by atoms with Crippen molar-refractivity contribution in [2.45, 2.75) is 11.8 Å². The van der Waals surface area contributed by atoms with Gasteiger partial charge in [-0.1, -0.05) is 6.07 Å². The van der Waals surface area contributed by atoms with E-state index >= 15 is 0 Å². The van der Waals surface area contributed by atoms with Crippen LogP contribution in [0, 0.1) is 6.92 Å². The Bertz CT molecular complexity index is 938. The molecule has 0 atom stereocenters. The van der Waals surface area contributed by atoms with Crippen molar-refractivity contribution in [1.82, 2.24) is 0 Å². The van der Waals surface area contributed by atoms with Gasteiger partial charge in [0.2, 0.25) is 5.91 Å². The van der Waals surface area contributed by atoms with Gasteiger partial charge in [0, 0.05) is 30.3 Å². The summed E-state index contributed by atoms with van der Waals surface area (Å²) in [5.41, 5.74) is 2.13. The molecule has 2 N–H and O–H groups in total. The summed E-state index contributed by atoms with van der Waals surface area (Å²) in [5, 5.41) is 5.42. The van der Waals surface area contributed by atoms with Crippen LogP contribution in [0.3, 0.4) is 0 Å². The van der Waals surface area contributed by atoms with Gasteiger partial charge in [0.1, 0.15) is 6.61 Å². The molecule has 0 aliphatic carbocycles. The largest absolute Gasteiger partial charge is 0.375 e. The van der Waals surface area contributed by atoms with E-state index in [1.54, 1.807) is 31.2 Å². The number of amides is 2. The maximum Gasteiger partial charge on any atom is 0.255 e.